The number of hydrogen-bond acceptors (Lipinski definition) is 2. The minimum atomic E-state index is -4.37. The monoisotopic (exact) mass is 160 g/mol. The maximum absolute atomic E-state index is 11.8. The second-order valence-electron chi connectivity index (χ2n) is 1.74. The average Bonchev–Trinajstić information content (AvgIpc) is 2.48. The standard InChI is InChI=1S/C4H4F4O2/c5-3(6)4(7,8)10-2-1-9-2/h2-3H,1H2. The third-order valence-electron chi connectivity index (χ3n) is 0.845. The third-order valence-corrected chi connectivity index (χ3v) is 0.845. The Kier molecular flexibility index (Phi) is 1.82. The van der Waals surface area contributed by atoms with Gasteiger partial charge in [0.25, 0.3) is 0 Å². The molecule has 0 N–H and O–H groups in total. The summed E-state index contributed by atoms with van der Waals surface area (Å²) in [5, 5.41) is 0. The van der Waals surface area contributed by atoms with Gasteiger partial charge in [0, 0.05) is 0 Å². The molecular formula is C4H4F4O2. The van der Waals surface area contributed by atoms with Gasteiger partial charge in [0.05, 0.1) is 0 Å². The zero-order valence-corrected chi connectivity index (χ0v) is 4.69. The van der Waals surface area contributed by atoms with Crippen molar-refractivity contribution in [2.24, 2.45) is 0 Å². The molecule has 1 aliphatic rings. The molecule has 1 atom stereocenters. The van der Waals surface area contributed by atoms with Gasteiger partial charge >= 0.3 is 12.5 Å². The van der Waals surface area contributed by atoms with Gasteiger partial charge in [-0.3, -0.25) is 4.74 Å². The van der Waals surface area contributed by atoms with Gasteiger partial charge in [0.15, 0.2) is 6.29 Å². The molecule has 60 valence electrons. The molecule has 6 heteroatoms. The van der Waals surface area contributed by atoms with E-state index in [9.17, 15) is 17.6 Å². The summed E-state index contributed by atoms with van der Waals surface area (Å²) >= 11 is 0. The van der Waals surface area contributed by atoms with Crippen LogP contribution in [0.5, 0.6) is 0 Å². The number of hydrogen-bond donors (Lipinski definition) is 0. The first-order valence-corrected chi connectivity index (χ1v) is 2.48. The van der Waals surface area contributed by atoms with E-state index < -0.39 is 18.8 Å². The number of epoxide rings is 1. The summed E-state index contributed by atoms with van der Waals surface area (Å²) in [4.78, 5) is 0. The van der Waals surface area contributed by atoms with Gasteiger partial charge in [-0.2, -0.15) is 8.78 Å². The maximum Gasteiger partial charge on any atom is 0.418 e. The molecule has 1 heterocycles. The number of halogens is 4. The highest BCUT2D eigenvalue weighted by Crippen LogP contribution is 2.29. The molecule has 1 rings (SSSR count). The van der Waals surface area contributed by atoms with Gasteiger partial charge in [-0.15, -0.1) is 0 Å². The van der Waals surface area contributed by atoms with E-state index in [1.165, 1.54) is 0 Å². The minimum absolute atomic E-state index is 0.0394. The van der Waals surface area contributed by atoms with Crippen LogP contribution >= 0.6 is 0 Å². The molecule has 1 unspecified atom stereocenters. The molecule has 0 spiro atoms. The molecule has 1 aliphatic heterocycles. The highest BCUT2D eigenvalue weighted by Gasteiger charge is 2.47. The lowest BCUT2D eigenvalue weighted by atomic mass is 10.6. The van der Waals surface area contributed by atoms with Crippen molar-refractivity contribution in [1.29, 1.82) is 0 Å². The van der Waals surface area contributed by atoms with E-state index in [-0.39, 0.29) is 6.61 Å². The fourth-order valence-corrected chi connectivity index (χ4v) is 0.334. The lowest BCUT2D eigenvalue weighted by Gasteiger charge is -2.12. The van der Waals surface area contributed by atoms with Crippen molar-refractivity contribution in [2.45, 2.75) is 18.8 Å². The van der Waals surface area contributed by atoms with Crippen molar-refractivity contribution in [1.82, 2.24) is 0 Å². The fourth-order valence-electron chi connectivity index (χ4n) is 0.334. The SMILES string of the molecule is FC(F)C(F)(F)OC1CO1. The molecule has 0 radical (unpaired) electrons. The summed E-state index contributed by atoms with van der Waals surface area (Å²) in [6.07, 6.45) is -9.32. The average molecular weight is 160 g/mol. The Labute approximate surface area is 53.7 Å². The molecule has 0 aromatic heterocycles. The van der Waals surface area contributed by atoms with Crippen molar-refractivity contribution >= 4 is 0 Å². The Hall–Kier alpha value is -0.360. The lowest BCUT2D eigenvalue weighted by molar-refractivity contribution is -0.315. The Morgan fingerprint density at radius 3 is 2.30 bits per heavy atom. The number of ether oxygens (including phenoxy) is 2. The van der Waals surface area contributed by atoms with Crippen LogP contribution in [0.15, 0.2) is 0 Å². The van der Waals surface area contributed by atoms with E-state index in [2.05, 4.69) is 9.47 Å². The van der Waals surface area contributed by atoms with Crippen molar-refractivity contribution in [3.63, 3.8) is 0 Å². The molecule has 0 amide bonds. The first-order chi connectivity index (χ1) is 4.52. The predicted molar refractivity (Wildman–Crippen MR) is 21.8 cm³/mol. The molecule has 0 aromatic carbocycles. The maximum atomic E-state index is 11.8. The second-order valence-corrected chi connectivity index (χ2v) is 1.74. The van der Waals surface area contributed by atoms with Crippen LogP contribution in [0.4, 0.5) is 17.6 Å². The largest absolute Gasteiger partial charge is 0.418 e. The first kappa shape index (κ1) is 7.74. The van der Waals surface area contributed by atoms with E-state index in [0.29, 0.717) is 0 Å². The van der Waals surface area contributed by atoms with Crippen LogP contribution < -0.4 is 0 Å². The van der Waals surface area contributed by atoms with Gasteiger partial charge in [-0.1, -0.05) is 0 Å². The Balaban J connectivity index is 2.33. The molecule has 0 aliphatic carbocycles. The van der Waals surface area contributed by atoms with Gasteiger partial charge in [0.1, 0.15) is 6.61 Å². The second kappa shape index (κ2) is 2.35. The first-order valence-electron chi connectivity index (χ1n) is 2.48. The molecule has 0 bridgehead atoms. The van der Waals surface area contributed by atoms with Crippen LogP contribution in [-0.4, -0.2) is 25.4 Å². The highest BCUT2D eigenvalue weighted by molar-refractivity contribution is 4.63. The van der Waals surface area contributed by atoms with Crippen molar-refractivity contribution in [3.05, 3.63) is 0 Å². The molecule has 0 aromatic rings. The van der Waals surface area contributed by atoms with Crippen LogP contribution in [0, 0.1) is 0 Å². The number of alkyl halides is 4. The summed E-state index contributed by atoms with van der Waals surface area (Å²) in [6, 6.07) is 0. The topological polar surface area (TPSA) is 21.8 Å². The smallest absolute Gasteiger partial charge is 0.345 e. The van der Waals surface area contributed by atoms with Gasteiger partial charge in [-0.05, 0) is 0 Å². The zero-order chi connectivity index (χ0) is 7.78. The summed E-state index contributed by atoms with van der Waals surface area (Å²) in [5.41, 5.74) is 0. The summed E-state index contributed by atoms with van der Waals surface area (Å²) in [5.74, 6) is 0. The van der Waals surface area contributed by atoms with Crippen LogP contribution in [0.1, 0.15) is 0 Å². The van der Waals surface area contributed by atoms with Crippen molar-refractivity contribution < 1.29 is 27.0 Å². The van der Waals surface area contributed by atoms with E-state index >= 15 is 0 Å². The predicted octanol–water partition coefficient (Wildman–Crippen LogP) is 1.22. The summed E-state index contributed by atoms with van der Waals surface area (Å²) in [6.45, 7) is -0.0394. The van der Waals surface area contributed by atoms with E-state index in [1.54, 1.807) is 0 Å². The van der Waals surface area contributed by atoms with Crippen LogP contribution in [0.25, 0.3) is 0 Å². The highest BCUT2D eigenvalue weighted by atomic mass is 19.3. The van der Waals surface area contributed by atoms with Crippen molar-refractivity contribution in [3.8, 4) is 0 Å². The molecule has 0 saturated carbocycles. The fraction of sp³-hybridized carbons (Fsp3) is 1.00. The van der Waals surface area contributed by atoms with Crippen LogP contribution in [0.2, 0.25) is 0 Å². The van der Waals surface area contributed by atoms with Crippen LogP contribution in [-0.2, 0) is 9.47 Å². The lowest BCUT2D eigenvalue weighted by Crippen LogP contribution is -2.31. The van der Waals surface area contributed by atoms with E-state index in [4.69, 9.17) is 0 Å². The molecule has 1 fully saturated rings. The van der Waals surface area contributed by atoms with Gasteiger partial charge in [0.2, 0.25) is 0 Å². The van der Waals surface area contributed by atoms with E-state index in [1.807, 2.05) is 0 Å². The third kappa shape index (κ3) is 1.81. The Morgan fingerprint density at radius 1 is 1.50 bits per heavy atom. The van der Waals surface area contributed by atoms with Gasteiger partial charge in [-0.25, -0.2) is 8.78 Å². The molecule has 10 heavy (non-hydrogen) atoms. The minimum Gasteiger partial charge on any atom is -0.345 e. The van der Waals surface area contributed by atoms with Crippen molar-refractivity contribution in [2.75, 3.05) is 6.61 Å². The van der Waals surface area contributed by atoms with Gasteiger partial charge < -0.3 is 4.74 Å². The zero-order valence-electron chi connectivity index (χ0n) is 4.69. The quantitative estimate of drug-likeness (QED) is 0.457. The molecular weight excluding hydrogens is 156 g/mol. The van der Waals surface area contributed by atoms with E-state index in [0.717, 1.165) is 0 Å². The summed E-state index contributed by atoms with van der Waals surface area (Å²) < 4.78 is 53.8. The Morgan fingerprint density at radius 2 is 2.00 bits per heavy atom. The number of rotatable bonds is 3. The Bertz CT molecular complexity index is 122. The van der Waals surface area contributed by atoms with Crippen LogP contribution in [0.3, 0.4) is 0 Å². The molecule has 2 nitrogen and oxygen atoms in total. The summed E-state index contributed by atoms with van der Waals surface area (Å²) in [7, 11) is 0. The molecule has 1 saturated heterocycles. The normalized spacial score (nSPS) is 25.5.